The van der Waals surface area contributed by atoms with Crippen molar-refractivity contribution in [2.75, 3.05) is 20.1 Å². The van der Waals surface area contributed by atoms with Gasteiger partial charge in [-0.15, -0.1) is 0 Å². The van der Waals surface area contributed by atoms with Crippen LogP contribution < -0.4 is 4.74 Å². The van der Waals surface area contributed by atoms with Crippen molar-refractivity contribution in [1.29, 1.82) is 0 Å². The summed E-state index contributed by atoms with van der Waals surface area (Å²) in [4.78, 5) is 17.6. The van der Waals surface area contributed by atoms with Crippen molar-refractivity contribution >= 4 is 12.0 Å². The molecule has 2 aliphatic heterocycles. The lowest BCUT2D eigenvalue weighted by Gasteiger charge is -2.57. The average molecular weight is 487 g/mol. The predicted octanol–water partition coefficient (Wildman–Crippen LogP) is 3.42. The number of rotatable bonds is 5. The minimum absolute atomic E-state index is 0.00252. The highest BCUT2D eigenvalue weighted by Crippen LogP contribution is 2.67. The molecule has 2 heterocycles. The lowest BCUT2D eigenvalue weighted by molar-refractivity contribution is -0.138. The third-order valence-corrected chi connectivity index (χ3v) is 9.74. The highest BCUT2D eigenvalue weighted by molar-refractivity contribution is 5.92. The zero-order chi connectivity index (χ0) is 24.8. The van der Waals surface area contributed by atoms with Gasteiger partial charge in [0.15, 0.2) is 11.5 Å². The molecule has 2 N–H and O–H groups in total. The Morgan fingerprint density at radius 3 is 2.89 bits per heavy atom. The van der Waals surface area contributed by atoms with Crippen molar-refractivity contribution in [3.8, 4) is 11.5 Å². The van der Waals surface area contributed by atoms with Crippen molar-refractivity contribution in [1.82, 2.24) is 9.80 Å². The Bertz CT molecular complexity index is 1290. The molecule has 7 rings (SSSR count). The molecule has 1 spiro atoms. The van der Waals surface area contributed by atoms with Crippen LogP contribution in [-0.4, -0.2) is 69.8 Å². The third kappa shape index (κ3) is 2.94. The highest BCUT2D eigenvalue weighted by atomic mass is 16.5. The second-order valence-corrected chi connectivity index (χ2v) is 11.8. The number of aryl methyl sites for hydroxylation is 1. The zero-order valence-corrected chi connectivity index (χ0v) is 21.0. The first kappa shape index (κ1) is 22.4. The van der Waals surface area contributed by atoms with Gasteiger partial charge in [0.1, 0.15) is 6.10 Å². The van der Waals surface area contributed by atoms with Gasteiger partial charge in [0.05, 0.1) is 17.1 Å². The molecule has 1 saturated heterocycles. The summed E-state index contributed by atoms with van der Waals surface area (Å²) in [6, 6.07) is 11.5. The van der Waals surface area contributed by atoms with E-state index in [2.05, 4.69) is 4.90 Å². The summed E-state index contributed by atoms with van der Waals surface area (Å²) in [5, 5.41) is 23.3. The Morgan fingerprint density at radius 2 is 2.11 bits per heavy atom. The first-order valence-corrected chi connectivity index (χ1v) is 13.3. The number of phenolic OH excluding ortho intramolecular Hbond substituents is 1. The number of ether oxygens (including phenoxy) is 1. The van der Waals surface area contributed by atoms with Crippen LogP contribution in [0, 0.1) is 12.8 Å². The van der Waals surface area contributed by atoms with E-state index in [-0.39, 0.29) is 29.8 Å². The molecule has 2 aromatic carbocycles. The number of hydrogen-bond acceptors (Lipinski definition) is 5. The number of aromatic hydroxyl groups is 1. The predicted molar refractivity (Wildman–Crippen MR) is 137 cm³/mol. The van der Waals surface area contributed by atoms with Gasteiger partial charge in [-0.25, -0.2) is 0 Å². The van der Waals surface area contributed by atoms with Gasteiger partial charge in [-0.1, -0.05) is 35.9 Å². The quantitative estimate of drug-likeness (QED) is 0.634. The second-order valence-electron chi connectivity index (χ2n) is 11.8. The van der Waals surface area contributed by atoms with Crippen LogP contribution in [0.2, 0.25) is 0 Å². The first-order valence-electron chi connectivity index (χ1n) is 13.3. The van der Waals surface area contributed by atoms with Crippen molar-refractivity contribution in [2.24, 2.45) is 5.92 Å². The Balaban J connectivity index is 1.26. The Hall–Kier alpha value is -2.83. The number of likely N-dealkylation sites (tertiary alicyclic amines) is 1. The molecular formula is C30H34N2O4. The lowest BCUT2D eigenvalue weighted by atomic mass is 9.56. The summed E-state index contributed by atoms with van der Waals surface area (Å²) in [7, 11) is 1.82. The van der Waals surface area contributed by atoms with Gasteiger partial charge < -0.3 is 19.8 Å². The van der Waals surface area contributed by atoms with Crippen LogP contribution in [0.15, 0.2) is 42.5 Å². The van der Waals surface area contributed by atoms with Gasteiger partial charge in [0.25, 0.3) is 0 Å². The van der Waals surface area contributed by atoms with Crippen molar-refractivity contribution in [3.05, 3.63) is 64.7 Å². The summed E-state index contributed by atoms with van der Waals surface area (Å²) >= 11 is 0. The second kappa shape index (κ2) is 7.59. The van der Waals surface area contributed by atoms with Crippen LogP contribution in [0.25, 0.3) is 6.08 Å². The van der Waals surface area contributed by atoms with E-state index in [4.69, 9.17) is 4.74 Å². The smallest absolute Gasteiger partial charge is 0.246 e. The molecule has 2 bridgehead atoms. The molecule has 0 aromatic heterocycles. The lowest BCUT2D eigenvalue weighted by Crippen LogP contribution is -2.70. The summed E-state index contributed by atoms with van der Waals surface area (Å²) in [6.45, 7) is 3.98. The van der Waals surface area contributed by atoms with Crippen LogP contribution >= 0.6 is 0 Å². The number of carbonyl (C=O) groups is 1. The molecule has 5 atom stereocenters. The molecular weight excluding hydrogens is 452 g/mol. The van der Waals surface area contributed by atoms with E-state index in [1.165, 1.54) is 18.4 Å². The molecule has 0 radical (unpaired) electrons. The number of carbonyl (C=O) groups excluding carboxylic acids is 1. The Morgan fingerprint density at radius 1 is 1.28 bits per heavy atom. The molecule has 3 aliphatic carbocycles. The Labute approximate surface area is 212 Å². The maximum atomic E-state index is 13.4. The minimum Gasteiger partial charge on any atom is -0.504 e. The fourth-order valence-electron chi connectivity index (χ4n) is 7.85. The molecule has 36 heavy (non-hydrogen) atoms. The van der Waals surface area contributed by atoms with Gasteiger partial charge in [-0.3, -0.25) is 9.69 Å². The third-order valence-electron chi connectivity index (χ3n) is 9.74. The Kier molecular flexibility index (Phi) is 4.72. The van der Waals surface area contributed by atoms with E-state index < -0.39 is 11.0 Å². The summed E-state index contributed by atoms with van der Waals surface area (Å²) < 4.78 is 6.54. The van der Waals surface area contributed by atoms with Gasteiger partial charge in [0, 0.05) is 37.7 Å². The monoisotopic (exact) mass is 486 g/mol. The van der Waals surface area contributed by atoms with E-state index in [0.29, 0.717) is 12.2 Å². The van der Waals surface area contributed by atoms with Crippen LogP contribution in [0.1, 0.15) is 47.9 Å². The largest absolute Gasteiger partial charge is 0.504 e. The number of amides is 1. The average Bonchev–Trinajstić information content (AvgIpc) is 3.53. The van der Waals surface area contributed by atoms with E-state index in [1.54, 1.807) is 17.0 Å². The summed E-state index contributed by atoms with van der Waals surface area (Å²) in [6.07, 6.45) is 7.66. The van der Waals surface area contributed by atoms with Crippen molar-refractivity contribution in [3.63, 3.8) is 0 Å². The normalized spacial score (nSPS) is 34.0. The molecule has 5 aliphatic rings. The number of phenols is 1. The number of likely N-dealkylation sites (N-methyl/N-ethyl adjacent to an activating group) is 1. The van der Waals surface area contributed by atoms with E-state index in [1.807, 2.05) is 50.4 Å². The number of hydrogen-bond donors (Lipinski definition) is 2. The number of benzene rings is 2. The van der Waals surface area contributed by atoms with E-state index in [9.17, 15) is 15.0 Å². The van der Waals surface area contributed by atoms with Gasteiger partial charge in [-0.05, 0) is 68.3 Å². The van der Waals surface area contributed by atoms with E-state index in [0.717, 1.165) is 48.5 Å². The van der Waals surface area contributed by atoms with Crippen molar-refractivity contribution < 1.29 is 19.7 Å². The maximum absolute atomic E-state index is 13.4. The topological polar surface area (TPSA) is 73.2 Å². The van der Waals surface area contributed by atoms with Crippen LogP contribution in [0.3, 0.4) is 0 Å². The molecule has 0 unspecified atom stereocenters. The fraction of sp³-hybridized carbons (Fsp3) is 0.500. The fourth-order valence-corrected chi connectivity index (χ4v) is 7.85. The van der Waals surface area contributed by atoms with Crippen LogP contribution in [0.5, 0.6) is 11.5 Å². The van der Waals surface area contributed by atoms with Gasteiger partial charge in [-0.2, -0.15) is 0 Å². The number of aliphatic hydroxyl groups is 1. The molecule has 3 fully saturated rings. The number of nitrogens with zero attached hydrogens (tertiary/aromatic N) is 2. The zero-order valence-electron chi connectivity index (χ0n) is 21.0. The first-order chi connectivity index (χ1) is 17.3. The summed E-state index contributed by atoms with van der Waals surface area (Å²) in [5.74, 6) is 1.29. The number of piperidine rings is 1. The molecule has 188 valence electrons. The minimum atomic E-state index is -1.00. The molecule has 2 saturated carbocycles. The maximum Gasteiger partial charge on any atom is 0.246 e. The highest BCUT2D eigenvalue weighted by Gasteiger charge is 2.76. The molecule has 6 heteroatoms. The van der Waals surface area contributed by atoms with Gasteiger partial charge >= 0.3 is 0 Å². The van der Waals surface area contributed by atoms with Gasteiger partial charge in [0.2, 0.25) is 5.91 Å². The summed E-state index contributed by atoms with van der Waals surface area (Å²) in [5.41, 5.74) is 2.70. The standard InChI is InChI=1S/C30H34N2O4/c1-18-4-3-5-19(14-18)8-11-25(34)31(2)22-16-30(35)24-15-21-9-10-23(33)27-26(21)29(30,28(22)36-27)12-13-32(24)17-20-6-7-20/h3-5,8-11,14,20,22,24,28,33,35H,6-7,12-13,15-17H2,1-2H3/t22-,24-,28+,29+,30-/m1/s1. The molecule has 2 aromatic rings. The van der Waals surface area contributed by atoms with Crippen LogP contribution in [-0.2, 0) is 16.6 Å². The van der Waals surface area contributed by atoms with Crippen molar-refractivity contribution in [2.45, 2.75) is 68.2 Å². The van der Waals surface area contributed by atoms with Crippen LogP contribution in [0.4, 0.5) is 0 Å². The molecule has 6 nitrogen and oxygen atoms in total. The van der Waals surface area contributed by atoms with E-state index >= 15 is 0 Å². The SMILES string of the molecule is Cc1cccc(C=CC(=O)N(C)[C@@H]2C[C@@]3(O)[C@H]4Cc5ccc(O)c6c5[C@@]3(CCN4CC3CC3)[C@H]2O6)c1. The molecule has 1 amide bonds.